The first-order valence-electron chi connectivity index (χ1n) is 4.54. The Morgan fingerprint density at radius 1 is 1.31 bits per heavy atom. The van der Waals surface area contributed by atoms with Gasteiger partial charge in [-0.3, -0.25) is 4.79 Å². The van der Waals surface area contributed by atoms with E-state index in [4.69, 9.17) is 4.43 Å². The fraction of sp³-hybridized carbons (Fsp3) is 0.889. The molecule has 78 valence electrons. The molecule has 0 bridgehead atoms. The molecule has 0 aliphatic carbocycles. The number of nitrogens with one attached hydrogen (secondary N) is 1. The van der Waals surface area contributed by atoms with Crippen molar-refractivity contribution in [3.8, 4) is 0 Å². The maximum atomic E-state index is 10.4. The van der Waals surface area contributed by atoms with E-state index in [2.05, 4.69) is 25.0 Å². The molecule has 3 nitrogen and oxygen atoms in total. The van der Waals surface area contributed by atoms with E-state index in [-0.39, 0.29) is 11.6 Å². The van der Waals surface area contributed by atoms with Crippen LogP contribution < -0.4 is 5.32 Å². The fourth-order valence-electron chi connectivity index (χ4n) is 0.876. The van der Waals surface area contributed by atoms with Crippen LogP contribution in [0.5, 0.6) is 0 Å². The molecule has 1 amide bonds. The van der Waals surface area contributed by atoms with Crippen molar-refractivity contribution in [2.24, 2.45) is 5.41 Å². The van der Waals surface area contributed by atoms with Crippen molar-refractivity contribution in [1.82, 2.24) is 5.32 Å². The van der Waals surface area contributed by atoms with E-state index in [9.17, 15) is 4.79 Å². The normalized spacial score (nSPS) is 15.2. The molecule has 1 N–H and O–H groups in total. The average Bonchev–Trinajstić information content (AvgIpc) is 1.81. The summed E-state index contributed by atoms with van der Waals surface area (Å²) < 4.78 is 5.84. The third-order valence-electron chi connectivity index (χ3n) is 1.48. The minimum absolute atomic E-state index is 0.0544. The summed E-state index contributed by atoms with van der Waals surface area (Å²) in [6.45, 7) is 12.5. The van der Waals surface area contributed by atoms with E-state index >= 15 is 0 Å². The van der Waals surface area contributed by atoms with Crippen LogP contribution in [0.15, 0.2) is 0 Å². The van der Waals surface area contributed by atoms with Crippen LogP contribution in [-0.4, -0.2) is 21.0 Å². The van der Waals surface area contributed by atoms with Gasteiger partial charge < -0.3 is 9.74 Å². The van der Waals surface area contributed by atoms with E-state index < -0.39 is 8.32 Å². The van der Waals surface area contributed by atoms with Crippen molar-refractivity contribution in [2.75, 3.05) is 0 Å². The molecule has 0 radical (unpaired) electrons. The molecule has 0 aromatic rings. The standard InChI is InChI=1S/C9H21NO2Si/c1-9(2,3)8(10-7-11)12-13(4,5)6/h7-8H,1-6H3,(H,10,11). The Morgan fingerprint density at radius 2 is 1.77 bits per heavy atom. The summed E-state index contributed by atoms with van der Waals surface area (Å²) in [5.74, 6) is 0. The number of amides is 1. The van der Waals surface area contributed by atoms with Crippen LogP contribution in [0.2, 0.25) is 19.6 Å². The van der Waals surface area contributed by atoms with E-state index in [0.29, 0.717) is 6.41 Å². The average molecular weight is 203 g/mol. The minimum Gasteiger partial charge on any atom is -0.398 e. The lowest BCUT2D eigenvalue weighted by Gasteiger charge is -2.35. The highest BCUT2D eigenvalue weighted by atomic mass is 28.4. The van der Waals surface area contributed by atoms with Gasteiger partial charge in [-0.05, 0) is 19.6 Å². The number of carbonyl (C=O) groups is 1. The maximum absolute atomic E-state index is 10.4. The number of rotatable bonds is 4. The molecule has 0 spiro atoms. The summed E-state index contributed by atoms with van der Waals surface area (Å²) in [6, 6.07) is 0. The van der Waals surface area contributed by atoms with E-state index in [1.165, 1.54) is 0 Å². The Kier molecular flexibility index (Phi) is 4.12. The zero-order chi connectivity index (χ0) is 10.7. The molecule has 0 saturated heterocycles. The summed E-state index contributed by atoms with van der Waals surface area (Å²) in [7, 11) is -1.59. The highest BCUT2D eigenvalue weighted by Gasteiger charge is 2.29. The summed E-state index contributed by atoms with van der Waals surface area (Å²) in [4.78, 5) is 10.4. The van der Waals surface area contributed by atoms with Gasteiger partial charge in [0.15, 0.2) is 8.32 Å². The number of carbonyl (C=O) groups excluding carboxylic acids is 1. The molecule has 4 heteroatoms. The van der Waals surface area contributed by atoms with Gasteiger partial charge in [0.25, 0.3) is 0 Å². The van der Waals surface area contributed by atoms with Crippen LogP contribution in [-0.2, 0) is 9.22 Å². The third-order valence-corrected chi connectivity index (χ3v) is 2.42. The van der Waals surface area contributed by atoms with Crippen molar-refractivity contribution in [1.29, 1.82) is 0 Å². The molecule has 1 atom stereocenters. The van der Waals surface area contributed by atoms with Crippen LogP contribution in [0.1, 0.15) is 20.8 Å². The molecule has 13 heavy (non-hydrogen) atoms. The van der Waals surface area contributed by atoms with Crippen molar-refractivity contribution in [3.05, 3.63) is 0 Å². The first kappa shape index (κ1) is 12.6. The van der Waals surface area contributed by atoms with Crippen molar-refractivity contribution in [2.45, 2.75) is 46.6 Å². The van der Waals surface area contributed by atoms with Gasteiger partial charge >= 0.3 is 0 Å². The largest absolute Gasteiger partial charge is 0.398 e. The van der Waals surface area contributed by atoms with Gasteiger partial charge in [0.2, 0.25) is 6.41 Å². The molecule has 0 aliphatic heterocycles. The van der Waals surface area contributed by atoms with Crippen LogP contribution >= 0.6 is 0 Å². The lowest BCUT2D eigenvalue weighted by Crippen LogP contribution is -2.47. The molecule has 0 rings (SSSR count). The first-order chi connectivity index (χ1) is 5.67. The Bertz CT molecular complexity index is 169. The SMILES string of the molecule is CC(C)(C)C(NC=O)O[Si](C)(C)C. The monoisotopic (exact) mass is 203 g/mol. The van der Waals surface area contributed by atoms with Crippen LogP contribution in [0.25, 0.3) is 0 Å². The fourth-order valence-corrected chi connectivity index (χ4v) is 2.00. The molecular formula is C9H21NO2Si. The van der Waals surface area contributed by atoms with Crippen molar-refractivity contribution in [3.63, 3.8) is 0 Å². The maximum Gasteiger partial charge on any atom is 0.209 e. The topological polar surface area (TPSA) is 38.3 Å². The molecule has 0 aromatic carbocycles. The molecule has 0 aromatic heterocycles. The van der Waals surface area contributed by atoms with Crippen LogP contribution in [0.3, 0.4) is 0 Å². The summed E-state index contributed by atoms with van der Waals surface area (Å²) in [5.41, 5.74) is -0.0544. The van der Waals surface area contributed by atoms with Crippen LogP contribution in [0.4, 0.5) is 0 Å². The van der Waals surface area contributed by atoms with Gasteiger partial charge in [0.1, 0.15) is 6.23 Å². The number of hydrogen-bond donors (Lipinski definition) is 1. The quantitative estimate of drug-likeness (QED) is 0.431. The predicted octanol–water partition coefficient (Wildman–Crippen LogP) is 1.96. The highest BCUT2D eigenvalue weighted by Crippen LogP contribution is 2.22. The lowest BCUT2D eigenvalue weighted by atomic mass is 9.94. The Balaban J connectivity index is 4.35. The minimum atomic E-state index is -1.59. The predicted molar refractivity (Wildman–Crippen MR) is 56.9 cm³/mol. The molecular weight excluding hydrogens is 182 g/mol. The van der Waals surface area contributed by atoms with Crippen molar-refractivity contribution < 1.29 is 9.22 Å². The van der Waals surface area contributed by atoms with Gasteiger partial charge in [-0.2, -0.15) is 0 Å². The molecule has 0 heterocycles. The summed E-state index contributed by atoms with van der Waals surface area (Å²) >= 11 is 0. The van der Waals surface area contributed by atoms with Gasteiger partial charge in [0.05, 0.1) is 0 Å². The number of hydrogen-bond acceptors (Lipinski definition) is 2. The second kappa shape index (κ2) is 4.24. The van der Waals surface area contributed by atoms with E-state index in [0.717, 1.165) is 0 Å². The van der Waals surface area contributed by atoms with Gasteiger partial charge in [-0.25, -0.2) is 0 Å². The van der Waals surface area contributed by atoms with Gasteiger partial charge in [0, 0.05) is 5.41 Å². The van der Waals surface area contributed by atoms with Crippen molar-refractivity contribution >= 4 is 14.7 Å². The second-order valence-corrected chi connectivity index (χ2v) is 9.72. The highest BCUT2D eigenvalue weighted by molar-refractivity contribution is 6.69. The summed E-state index contributed by atoms with van der Waals surface area (Å²) in [6.07, 6.45) is 0.521. The Hall–Kier alpha value is -0.353. The Labute approximate surface area is 82.0 Å². The van der Waals surface area contributed by atoms with Gasteiger partial charge in [-0.1, -0.05) is 20.8 Å². The molecule has 0 aliphatic rings. The van der Waals surface area contributed by atoms with E-state index in [1.807, 2.05) is 20.8 Å². The smallest absolute Gasteiger partial charge is 0.209 e. The first-order valence-corrected chi connectivity index (χ1v) is 7.95. The molecule has 0 fully saturated rings. The zero-order valence-electron chi connectivity index (χ0n) is 9.47. The third kappa shape index (κ3) is 5.82. The van der Waals surface area contributed by atoms with Gasteiger partial charge in [-0.15, -0.1) is 0 Å². The van der Waals surface area contributed by atoms with E-state index in [1.54, 1.807) is 0 Å². The molecule has 1 unspecified atom stereocenters. The molecule has 0 saturated carbocycles. The Morgan fingerprint density at radius 3 is 2.00 bits per heavy atom. The van der Waals surface area contributed by atoms with Crippen LogP contribution in [0, 0.1) is 5.41 Å². The lowest BCUT2D eigenvalue weighted by molar-refractivity contribution is -0.113. The second-order valence-electron chi connectivity index (χ2n) is 5.26. The zero-order valence-corrected chi connectivity index (χ0v) is 10.5. The summed E-state index contributed by atoms with van der Waals surface area (Å²) in [5, 5.41) is 2.71.